The molecule has 1 saturated heterocycles. The molecule has 0 bridgehead atoms. The number of benzene rings is 1. The number of alkyl halides is 3. The number of furan rings is 1. The second-order valence-electron chi connectivity index (χ2n) is 6.45. The van der Waals surface area contributed by atoms with Crippen LogP contribution in [0.3, 0.4) is 0 Å². The summed E-state index contributed by atoms with van der Waals surface area (Å²) in [5.74, 6) is -2.80. The Balaban J connectivity index is 1.91. The molecule has 8 heteroatoms. The number of hydrogen-bond acceptors (Lipinski definition) is 3. The van der Waals surface area contributed by atoms with Gasteiger partial charge in [-0.05, 0) is 49.6 Å². The van der Waals surface area contributed by atoms with Crippen LogP contribution in [0.15, 0.2) is 22.6 Å². The van der Waals surface area contributed by atoms with Crippen molar-refractivity contribution in [3.05, 3.63) is 35.1 Å². The Morgan fingerprint density at radius 2 is 1.84 bits per heavy atom. The predicted molar refractivity (Wildman–Crippen MR) is 82.3 cm³/mol. The van der Waals surface area contributed by atoms with Crippen LogP contribution in [0.25, 0.3) is 11.0 Å². The molecule has 0 saturated carbocycles. The molecule has 1 aromatic heterocycles. The minimum Gasteiger partial charge on any atom is -0.481 e. The molecule has 2 heterocycles. The lowest BCUT2D eigenvalue weighted by molar-refractivity contribution is -0.227. The molecule has 1 aromatic carbocycles. The van der Waals surface area contributed by atoms with Crippen molar-refractivity contribution in [2.45, 2.75) is 26.4 Å². The number of carboxylic acid groups (broad SMARTS) is 1. The molecule has 1 amide bonds. The van der Waals surface area contributed by atoms with Crippen LogP contribution in [-0.4, -0.2) is 41.1 Å². The number of aryl methyl sites for hydroxylation is 2. The summed E-state index contributed by atoms with van der Waals surface area (Å²) in [7, 11) is 0. The van der Waals surface area contributed by atoms with E-state index >= 15 is 0 Å². The summed E-state index contributed by atoms with van der Waals surface area (Å²) in [6.45, 7) is 2.57. The number of carboxylic acids is 1. The number of nitrogens with zero attached hydrogens (tertiary/aromatic N) is 1. The lowest BCUT2D eigenvalue weighted by Crippen LogP contribution is -2.47. The van der Waals surface area contributed by atoms with Gasteiger partial charge in [-0.2, -0.15) is 13.2 Å². The standard InChI is InChI=1S/C17H16F3NO4/c1-9-5-11-7-13(25-12(11)6-10(9)2)14(22)21-4-3-16(8-21,15(23)24)17(18,19)20/h5-7H,3-4,8H2,1-2H3,(H,23,24). The molecule has 1 unspecified atom stereocenters. The van der Waals surface area contributed by atoms with Gasteiger partial charge in [0.2, 0.25) is 0 Å². The Kier molecular flexibility index (Phi) is 3.81. The number of fused-ring (bicyclic) bond motifs is 1. The fourth-order valence-corrected chi connectivity index (χ4v) is 3.07. The van der Waals surface area contributed by atoms with Crippen molar-refractivity contribution in [3.63, 3.8) is 0 Å². The van der Waals surface area contributed by atoms with E-state index in [0.717, 1.165) is 16.0 Å². The van der Waals surface area contributed by atoms with E-state index in [4.69, 9.17) is 9.52 Å². The first-order valence-electron chi connectivity index (χ1n) is 7.65. The maximum atomic E-state index is 13.2. The Morgan fingerprint density at radius 1 is 1.20 bits per heavy atom. The summed E-state index contributed by atoms with van der Waals surface area (Å²) in [6, 6.07) is 5.05. The van der Waals surface area contributed by atoms with Gasteiger partial charge in [0, 0.05) is 18.5 Å². The minimum atomic E-state index is -4.93. The first-order valence-corrected chi connectivity index (χ1v) is 7.65. The average molecular weight is 355 g/mol. The van der Waals surface area contributed by atoms with Crippen LogP contribution >= 0.6 is 0 Å². The van der Waals surface area contributed by atoms with Gasteiger partial charge in [0.1, 0.15) is 5.58 Å². The Hall–Kier alpha value is -2.51. The highest BCUT2D eigenvalue weighted by atomic mass is 19.4. The molecular formula is C17H16F3NO4. The summed E-state index contributed by atoms with van der Waals surface area (Å²) in [5, 5.41) is 9.74. The molecule has 1 aliphatic heterocycles. The number of rotatable bonds is 2. The summed E-state index contributed by atoms with van der Waals surface area (Å²) < 4.78 is 45.1. The first-order chi connectivity index (χ1) is 11.5. The number of likely N-dealkylation sites (tertiary alicyclic amines) is 1. The van der Waals surface area contributed by atoms with Gasteiger partial charge in [0.05, 0.1) is 0 Å². The monoisotopic (exact) mass is 355 g/mol. The number of carbonyl (C=O) groups excluding carboxylic acids is 1. The summed E-state index contributed by atoms with van der Waals surface area (Å²) in [5.41, 5.74) is -0.507. The van der Waals surface area contributed by atoms with Crippen LogP contribution in [-0.2, 0) is 4.79 Å². The lowest BCUT2D eigenvalue weighted by atomic mass is 9.86. The third-order valence-electron chi connectivity index (χ3n) is 4.85. The van der Waals surface area contributed by atoms with Crippen molar-refractivity contribution in [1.82, 2.24) is 4.90 Å². The van der Waals surface area contributed by atoms with E-state index in [1.54, 1.807) is 6.07 Å². The quantitative estimate of drug-likeness (QED) is 0.895. The topological polar surface area (TPSA) is 70.8 Å². The number of halogens is 3. The van der Waals surface area contributed by atoms with E-state index in [9.17, 15) is 22.8 Å². The molecule has 1 aliphatic rings. The maximum Gasteiger partial charge on any atom is 0.406 e. The van der Waals surface area contributed by atoms with E-state index in [2.05, 4.69) is 0 Å². The molecule has 1 atom stereocenters. The van der Waals surface area contributed by atoms with Crippen molar-refractivity contribution in [2.75, 3.05) is 13.1 Å². The molecular weight excluding hydrogens is 339 g/mol. The lowest BCUT2D eigenvalue weighted by Gasteiger charge is -2.26. The van der Waals surface area contributed by atoms with Crippen LogP contribution in [0, 0.1) is 19.3 Å². The van der Waals surface area contributed by atoms with E-state index in [0.29, 0.717) is 11.0 Å². The number of hydrogen-bond donors (Lipinski definition) is 1. The molecule has 3 rings (SSSR count). The van der Waals surface area contributed by atoms with Crippen molar-refractivity contribution >= 4 is 22.8 Å². The van der Waals surface area contributed by atoms with E-state index < -0.39 is 36.4 Å². The van der Waals surface area contributed by atoms with Gasteiger partial charge in [-0.15, -0.1) is 0 Å². The predicted octanol–water partition coefficient (Wildman–Crippen LogP) is 3.53. The van der Waals surface area contributed by atoms with Gasteiger partial charge in [-0.1, -0.05) is 0 Å². The summed E-state index contributed by atoms with van der Waals surface area (Å²) >= 11 is 0. The van der Waals surface area contributed by atoms with Crippen molar-refractivity contribution < 1.29 is 32.3 Å². The first kappa shape index (κ1) is 17.3. The third-order valence-corrected chi connectivity index (χ3v) is 4.85. The second kappa shape index (κ2) is 5.50. The summed E-state index contributed by atoms with van der Waals surface area (Å²) in [6.07, 6.45) is -5.61. The molecule has 5 nitrogen and oxygen atoms in total. The normalized spacial score (nSPS) is 21.1. The van der Waals surface area contributed by atoms with Gasteiger partial charge < -0.3 is 14.4 Å². The largest absolute Gasteiger partial charge is 0.481 e. The van der Waals surface area contributed by atoms with Crippen LogP contribution in [0.2, 0.25) is 0 Å². The zero-order valence-electron chi connectivity index (χ0n) is 13.6. The second-order valence-corrected chi connectivity index (χ2v) is 6.45. The van der Waals surface area contributed by atoms with E-state index in [-0.39, 0.29) is 12.3 Å². The molecule has 1 fully saturated rings. The smallest absolute Gasteiger partial charge is 0.406 e. The molecule has 25 heavy (non-hydrogen) atoms. The Morgan fingerprint density at radius 3 is 2.40 bits per heavy atom. The van der Waals surface area contributed by atoms with Gasteiger partial charge in [-0.3, -0.25) is 9.59 Å². The van der Waals surface area contributed by atoms with Gasteiger partial charge >= 0.3 is 12.1 Å². The average Bonchev–Trinajstić information content (AvgIpc) is 3.11. The molecule has 0 aliphatic carbocycles. The van der Waals surface area contributed by atoms with Gasteiger partial charge in [0.15, 0.2) is 11.2 Å². The Labute approximate surface area is 141 Å². The minimum absolute atomic E-state index is 0.0941. The molecule has 0 radical (unpaired) electrons. The molecule has 134 valence electrons. The van der Waals surface area contributed by atoms with Crippen molar-refractivity contribution in [2.24, 2.45) is 5.41 Å². The third kappa shape index (κ3) is 2.65. The molecule has 0 spiro atoms. The van der Waals surface area contributed by atoms with Crippen molar-refractivity contribution in [1.29, 1.82) is 0 Å². The van der Waals surface area contributed by atoms with Gasteiger partial charge in [0.25, 0.3) is 5.91 Å². The molecule has 1 N–H and O–H groups in total. The van der Waals surface area contributed by atoms with Crippen LogP contribution < -0.4 is 0 Å². The highest BCUT2D eigenvalue weighted by molar-refractivity contribution is 5.97. The SMILES string of the molecule is Cc1cc2cc(C(=O)N3CCC(C(=O)O)(C(F)(F)F)C3)oc2cc1C. The van der Waals surface area contributed by atoms with Crippen molar-refractivity contribution in [3.8, 4) is 0 Å². The van der Waals surface area contributed by atoms with Crippen LogP contribution in [0.5, 0.6) is 0 Å². The Bertz CT molecular complexity index is 832. The van der Waals surface area contributed by atoms with Crippen LogP contribution in [0.4, 0.5) is 13.2 Å². The highest BCUT2D eigenvalue weighted by Crippen LogP contribution is 2.46. The number of amides is 1. The fraction of sp³-hybridized carbons (Fsp3) is 0.412. The fourth-order valence-electron chi connectivity index (χ4n) is 3.07. The maximum absolute atomic E-state index is 13.2. The number of aliphatic carboxylic acids is 1. The van der Waals surface area contributed by atoms with Crippen LogP contribution in [0.1, 0.15) is 28.1 Å². The summed E-state index contributed by atoms with van der Waals surface area (Å²) in [4.78, 5) is 24.6. The van der Waals surface area contributed by atoms with E-state index in [1.165, 1.54) is 6.07 Å². The molecule has 2 aromatic rings. The van der Waals surface area contributed by atoms with Gasteiger partial charge in [-0.25, -0.2) is 0 Å². The zero-order valence-corrected chi connectivity index (χ0v) is 13.6. The number of carbonyl (C=O) groups is 2. The van der Waals surface area contributed by atoms with E-state index in [1.807, 2.05) is 19.9 Å². The zero-order chi connectivity index (χ0) is 18.6. The highest BCUT2D eigenvalue weighted by Gasteiger charge is 2.64.